The molecule has 0 aliphatic rings. The van der Waals surface area contributed by atoms with Crippen molar-refractivity contribution in [3.05, 3.63) is 0 Å². The third kappa shape index (κ3) is 6.26. The SMILES string of the molecule is CN(C)C(=O)CCCCC(=O)C(C)(C)C. The summed E-state index contributed by atoms with van der Waals surface area (Å²) in [6.07, 6.45) is 2.75. The van der Waals surface area contributed by atoms with Gasteiger partial charge in [-0.3, -0.25) is 9.59 Å². The van der Waals surface area contributed by atoms with Crippen molar-refractivity contribution in [2.24, 2.45) is 5.41 Å². The molecule has 3 nitrogen and oxygen atoms in total. The van der Waals surface area contributed by atoms with Crippen LogP contribution in [0.25, 0.3) is 0 Å². The van der Waals surface area contributed by atoms with E-state index >= 15 is 0 Å². The van der Waals surface area contributed by atoms with E-state index < -0.39 is 0 Å². The molecule has 0 spiro atoms. The number of rotatable bonds is 5. The average Bonchev–Trinajstić information content (AvgIpc) is 2.09. The van der Waals surface area contributed by atoms with Crippen LogP contribution in [-0.4, -0.2) is 30.7 Å². The zero-order chi connectivity index (χ0) is 12.1. The van der Waals surface area contributed by atoms with E-state index in [1.165, 1.54) is 0 Å². The van der Waals surface area contributed by atoms with Crippen LogP contribution in [0.1, 0.15) is 46.5 Å². The molecular weight excluding hydrogens is 190 g/mol. The zero-order valence-electron chi connectivity index (χ0n) is 10.6. The molecule has 0 aromatic rings. The van der Waals surface area contributed by atoms with Crippen molar-refractivity contribution in [2.75, 3.05) is 14.1 Å². The van der Waals surface area contributed by atoms with Crippen LogP contribution < -0.4 is 0 Å². The first kappa shape index (κ1) is 14.1. The Kier molecular flexibility index (Phi) is 5.55. The molecule has 0 saturated heterocycles. The van der Waals surface area contributed by atoms with Gasteiger partial charge in [-0.05, 0) is 12.8 Å². The summed E-state index contributed by atoms with van der Waals surface area (Å²) < 4.78 is 0. The van der Waals surface area contributed by atoms with Gasteiger partial charge in [0, 0.05) is 32.4 Å². The Morgan fingerprint density at radius 2 is 1.47 bits per heavy atom. The summed E-state index contributed by atoms with van der Waals surface area (Å²) in [6.45, 7) is 5.79. The van der Waals surface area contributed by atoms with Crippen LogP contribution in [0.15, 0.2) is 0 Å². The highest BCUT2D eigenvalue weighted by Crippen LogP contribution is 2.18. The summed E-state index contributed by atoms with van der Waals surface area (Å²) in [5.41, 5.74) is -0.244. The van der Waals surface area contributed by atoms with E-state index in [0.717, 1.165) is 12.8 Å². The van der Waals surface area contributed by atoms with Crippen LogP contribution in [0, 0.1) is 5.41 Å². The third-order valence-corrected chi connectivity index (χ3v) is 2.38. The molecule has 0 atom stereocenters. The maximum Gasteiger partial charge on any atom is 0.222 e. The number of hydrogen-bond donors (Lipinski definition) is 0. The maximum atomic E-state index is 11.5. The van der Waals surface area contributed by atoms with E-state index in [0.29, 0.717) is 12.8 Å². The molecule has 88 valence electrons. The highest BCUT2D eigenvalue weighted by atomic mass is 16.2. The normalized spacial score (nSPS) is 11.3. The number of unbranched alkanes of at least 4 members (excludes halogenated alkanes) is 1. The van der Waals surface area contributed by atoms with Crippen molar-refractivity contribution in [2.45, 2.75) is 46.5 Å². The Morgan fingerprint density at radius 3 is 1.87 bits per heavy atom. The highest BCUT2D eigenvalue weighted by Gasteiger charge is 2.20. The summed E-state index contributed by atoms with van der Waals surface area (Å²) in [4.78, 5) is 24.4. The molecule has 15 heavy (non-hydrogen) atoms. The van der Waals surface area contributed by atoms with E-state index in [4.69, 9.17) is 0 Å². The topological polar surface area (TPSA) is 37.4 Å². The third-order valence-electron chi connectivity index (χ3n) is 2.38. The van der Waals surface area contributed by atoms with Crippen molar-refractivity contribution >= 4 is 11.7 Å². The molecule has 0 saturated carbocycles. The van der Waals surface area contributed by atoms with E-state index in [2.05, 4.69) is 0 Å². The Hall–Kier alpha value is -0.860. The first-order valence-electron chi connectivity index (χ1n) is 5.48. The molecule has 0 aromatic carbocycles. The Morgan fingerprint density at radius 1 is 1.00 bits per heavy atom. The molecule has 0 rings (SSSR count). The van der Waals surface area contributed by atoms with Crippen LogP contribution in [-0.2, 0) is 9.59 Å². The summed E-state index contributed by atoms with van der Waals surface area (Å²) in [5, 5.41) is 0. The van der Waals surface area contributed by atoms with Gasteiger partial charge in [0.1, 0.15) is 5.78 Å². The Labute approximate surface area is 92.8 Å². The Bertz CT molecular complexity index is 226. The molecular formula is C12H23NO2. The molecule has 0 unspecified atom stereocenters. The predicted molar refractivity (Wildman–Crippen MR) is 61.6 cm³/mol. The van der Waals surface area contributed by atoms with Gasteiger partial charge in [-0.25, -0.2) is 0 Å². The summed E-state index contributed by atoms with van der Waals surface area (Å²) in [7, 11) is 3.51. The number of carbonyl (C=O) groups excluding carboxylic acids is 2. The van der Waals surface area contributed by atoms with Gasteiger partial charge in [-0.2, -0.15) is 0 Å². The zero-order valence-corrected chi connectivity index (χ0v) is 10.6. The lowest BCUT2D eigenvalue weighted by Gasteiger charge is -2.16. The Balaban J connectivity index is 3.65. The standard InChI is InChI=1S/C12H23NO2/c1-12(2,3)10(14)8-6-7-9-11(15)13(4)5/h6-9H2,1-5H3. The maximum absolute atomic E-state index is 11.5. The molecule has 0 bridgehead atoms. The van der Waals surface area contributed by atoms with Crippen molar-refractivity contribution in [3.8, 4) is 0 Å². The fourth-order valence-corrected chi connectivity index (χ4v) is 1.16. The number of carbonyl (C=O) groups is 2. The molecule has 0 heterocycles. The van der Waals surface area contributed by atoms with Gasteiger partial charge in [0.15, 0.2) is 0 Å². The van der Waals surface area contributed by atoms with Gasteiger partial charge in [0.25, 0.3) is 0 Å². The molecule has 0 N–H and O–H groups in total. The largest absolute Gasteiger partial charge is 0.349 e. The fraction of sp³-hybridized carbons (Fsp3) is 0.833. The number of Topliss-reactive ketones (excluding diaryl/α,β-unsaturated/α-hetero) is 1. The lowest BCUT2D eigenvalue weighted by atomic mass is 9.88. The monoisotopic (exact) mass is 213 g/mol. The first-order valence-corrected chi connectivity index (χ1v) is 5.48. The highest BCUT2D eigenvalue weighted by molar-refractivity contribution is 5.83. The van der Waals surface area contributed by atoms with E-state index in [-0.39, 0.29) is 17.1 Å². The van der Waals surface area contributed by atoms with Gasteiger partial charge in [0.05, 0.1) is 0 Å². The number of amides is 1. The second-order valence-electron chi connectivity index (χ2n) is 5.17. The van der Waals surface area contributed by atoms with Crippen molar-refractivity contribution in [3.63, 3.8) is 0 Å². The van der Waals surface area contributed by atoms with Crippen LogP contribution in [0.5, 0.6) is 0 Å². The second-order valence-corrected chi connectivity index (χ2v) is 5.17. The number of ketones is 1. The summed E-state index contributed by atoms with van der Waals surface area (Å²) >= 11 is 0. The molecule has 1 amide bonds. The fourth-order valence-electron chi connectivity index (χ4n) is 1.16. The van der Waals surface area contributed by atoms with E-state index in [1.54, 1.807) is 19.0 Å². The number of hydrogen-bond acceptors (Lipinski definition) is 2. The molecule has 0 aliphatic carbocycles. The minimum atomic E-state index is -0.244. The number of nitrogens with zero attached hydrogens (tertiary/aromatic N) is 1. The first-order chi connectivity index (χ1) is 6.75. The molecule has 0 radical (unpaired) electrons. The molecule has 0 aliphatic heterocycles. The second kappa shape index (κ2) is 5.89. The smallest absolute Gasteiger partial charge is 0.222 e. The van der Waals surface area contributed by atoms with Crippen molar-refractivity contribution < 1.29 is 9.59 Å². The van der Waals surface area contributed by atoms with E-state index in [1.807, 2.05) is 20.8 Å². The average molecular weight is 213 g/mol. The van der Waals surface area contributed by atoms with Crippen LogP contribution in [0.3, 0.4) is 0 Å². The van der Waals surface area contributed by atoms with Crippen LogP contribution in [0.2, 0.25) is 0 Å². The van der Waals surface area contributed by atoms with Gasteiger partial charge in [0.2, 0.25) is 5.91 Å². The van der Waals surface area contributed by atoms with Gasteiger partial charge < -0.3 is 4.90 Å². The van der Waals surface area contributed by atoms with Gasteiger partial charge >= 0.3 is 0 Å². The van der Waals surface area contributed by atoms with Crippen LogP contribution >= 0.6 is 0 Å². The predicted octanol–water partition coefficient (Wildman–Crippen LogP) is 2.25. The van der Waals surface area contributed by atoms with Crippen LogP contribution in [0.4, 0.5) is 0 Å². The minimum Gasteiger partial charge on any atom is -0.349 e. The van der Waals surface area contributed by atoms with Gasteiger partial charge in [-0.1, -0.05) is 20.8 Å². The summed E-state index contributed by atoms with van der Waals surface area (Å²) in [6, 6.07) is 0. The molecule has 0 fully saturated rings. The lowest BCUT2D eigenvalue weighted by Crippen LogP contribution is -2.22. The molecule has 0 aromatic heterocycles. The van der Waals surface area contributed by atoms with Crippen molar-refractivity contribution in [1.29, 1.82) is 0 Å². The summed E-state index contributed by atoms with van der Waals surface area (Å²) in [5.74, 6) is 0.415. The van der Waals surface area contributed by atoms with Gasteiger partial charge in [-0.15, -0.1) is 0 Å². The van der Waals surface area contributed by atoms with Crippen molar-refractivity contribution in [1.82, 2.24) is 4.90 Å². The minimum absolute atomic E-state index is 0.137. The quantitative estimate of drug-likeness (QED) is 0.657. The molecule has 3 heteroatoms. The lowest BCUT2D eigenvalue weighted by molar-refractivity contribution is -0.129. The van der Waals surface area contributed by atoms with E-state index in [9.17, 15) is 9.59 Å².